The third kappa shape index (κ3) is 2.88. The van der Waals surface area contributed by atoms with Gasteiger partial charge in [-0.25, -0.2) is 0 Å². The Bertz CT molecular complexity index is 532. The van der Waals surface area contributed by atoms with Crippen molar-refractivity contribution in [2.45, 2.75) is 19.4 Å². The van der Waals surface area contributed by atoms with E-state index in [4.69, 9.17) is 21.4 Å². The van der Waals surface area contributed by atoms with Crippen molar-refractivity contribution in [3.63, 3.8) is 0 Å². The molecule has 1 aromatic rings. The molecule has 20 heavy (non-hydrogen) atoms. The molecular formula is C14H16ClNO4. The standard InChI is InChI=1S/C14H16ClNO4/c1-20-12-4-2-3-11(15)10(12)7-16-13(17)8-5-6-9(8)14(18)19/h2-4,8-9H,5-7H2,1H3,(H,16,17)(H,18,19). The molecule has 2 rings (SSSR count). The Labute approximate surface area is 121 Å². The first kappa shape index (κ1) is 14.7. The fourth-order valence-electron chi connectivity index (χ4n) is 2.32. The summed E-state index contributed by atoms with van der Waals surface area (Å²) in [5.74, 6) is -1.57. The molecule has 5 nitrogen and oxygen atoms in total. The molecule has 0 saturated heterocycles. The van der Waals surface area contributed by atoms with Crippen molar-refractivity contribution in [3.8, 4) is 5.75 Å². The molecule has 0 radical (unpaired) electrons. The van der Waals surface area contributed by atoms with Gasteiger partial charge in [0, 0.05) is 17.1 Å². The molecule has 0 heterocycles. The van der Waals surface area contributed by atoms with Crippen molar-refractivity contribution in [2.24, 2.45) is 11.8 Å². The Kier molecular flexibility index (Phi) is 4.49. The highest BCUT2D eigenvalue weighted by atomic mass is 35.5. The third-order valence-corrected chi connectivity index (χ3v) is 4.02. The highest BCUT2D eigenvalue weighted by molar-refractivity contribution is 6.31. The molecule has 2 unspecified atom stereocenters. The smallest absolute Gasteiger partial charge is 0.307 e. The zero-order valence-corrected chi connectivity index (χ0v) is 11.8. The fourth-order valence-corrected chi connectivity index (χ4v) is 2.55. The molecule has 0 bridgehead atoms. The molecule has 1 saturated carbocycles. The molecule has 2 atom stereocenters. The molecule has 6 heteroatoms. The van der Waals surface area contributed by atoms with Crippen LogP contribution < -0.4 is 10.1 Å². The number of amides is 1. The van der Waals surface area contributed by atoms with E-state index in [2.05, 4.69) is 5.32 Å². The highest BCUT2D eigenvalue weighted by Crippen LogP contribution is 2.35. The average Bonchev–Trinajstić information content (AvgIpc) is 2.34. The summed E-state index contributed by atoms with van der Waals surface area (Å²) in [6, 6.07) is 5.24. The van der Waals surface area contributed by atoms with Crippen LogP contribution in [-0.4, -0.2) is 24.1 Å². The monoisotopic (exact) mass is 297 g/mol. The molecule has 108 valence electrons. The molecule has 0 aliphatic heterocycles. The number of hydrogen-bond acceptors (Lipinski definition) is 3. The number of carboxylic acid groups (broad SMARTS) is 1. The Hall–Kier alpha value is -1.75. The van der Waals surface area contributed by atoms with Crippen LogP contribution in [0, 0.1) is 11.8 Å². The minimum Gasteiger partial charge on any atom is -0.496 e. The Morgan fingerprint density at radius 1 is 1.40 bits per heavy atom. The van der Waals surface area contributed by atoms with Gasteiger partial charge in [0.05, 0.1) is 18.9 Å². The molecule has 1 aromatic carbocycles. The quantitative estimate of drug-likeness (QED) is 0.872. The second-order valence-corrected chi connectivity index (χ2v) is 5.17. The number of aliphatic carboxylic acids is 1. The molecule has 1 fully saturated rings. The third-order valence-electron chi connectivity index (χ3n) is 3.66. The lowest BCUT2D eigenvalue weighted by Gasteiger charge is -2.32. The van der Waals surface area contributed by atoms with Crippen LogP contribution in [-0.2, 0) is 16.1 Å². The Balaban J connectivity index is 1.99. The number of nitrogens with one attached hydrogen (secondary N) is 1. The second-order valence-electron chi connectivity index (χ2n) is 4.77. The summed E-state index contributed by atoms with van der Waals surface area (Å²) < 4.78 is 5.19. The van der Waals surface area contributed by atoms with Crippen molar-refractivity contribution in [2.75, 3.05) is 7.11 Å². The highest BCUT2D eigenvalue weighted by Gasteiger charge is 2.41. The fraction of sp³-hybridized carbons (Fsp3) is 0.429. The van der Waals surface area contributed by atoms with Gasteiger partial charge in [0.2, 0.25) is 5.91 Å². The van der Waals surface area contributed by atoms with Gasteiger partial charge in [0.15, 0.2) is 0 Å². The zero-order chi connectivity index (χ0) is 14.7. The number of methoxy groups -OCH3 is 1. The van der Waals surface area contributed by atoms with Gasteiger partial charge in [-0.3, -0.25) is 9.59 Å². The van der Waals surface area contributed by atoms with E-state index >= 15 is 0 Å². The van der Waals surface area contributed by atoms with Gasteiger partial charge < -0.3 is 15.2 Å². The van der Waals surface area contributed by atoms with E-state index in [0.29, 0.717) is 29.2 Å². The molecule has 1 aliphatic rings. The average molecular weight is 298 g/mol. The van der Waals surface area contributed by atoms with Crippen molar-refractivity contribution in [1.29, 1.82) is 0 Å². The normalized spacial score (nSPS) is 20.9. The zero-order valence-electron chi connectivity index (χ0n) is 11.1. The largest absolute Gasteiger partial charge is 0.496 e. The lowest BCUT2D eigenvalue weighted by molar-refractivity contribution is -0.152. The number of halogens is 1. The maximum absolute atomic E-state index is 12.0. The number of carboxylic acids is 1. The summed E-state index contributed by atoms with van der Waals surface area (Å²) in [7, 11) is 1.53. The lowest BCUT2D eigenvalue weighted by atomic mass is 9.73. The SMILES string of the molecule is COc1cccc(Cl)c1CNC(=O)C1CCC1C(=O)O. The Morgan fingerprint density at radius 2 is 2.10 bits per heavy atom. The van der Waals surface area contributed by atoms with Crippen LogP contribution >= 0.6 is 11.6 Å². The lowest BCUT2D eigenvalue weighted by Crippen LogP contribution is -2.43. The first-order chi connectivity index (χ1) is 9.54. The molecule has 0 aromatic heterocycles. The summed E-state index contributed by atoms with van der Waals surface area (Å²) in [5.41, 5.74) is 0.691. The first-order valence-electron chi connectivity index (χ1n) is 6.36. The summed E-state index contributed by atoms with van der Waals surface area (Å²) in [4.78, 5) is 22.9. The van der Waals surface area contributed by atoms with Crippen molar-refractivity contribution in [1.82, 2.24) is 5.32 Å². The minimum absolute atomic E-state index is 0.227. The number of carbonyl (C=O) groups is 2. The van der Waals surface area contributed by atoms with Crippen LogP contribution in [0.25, 0.3) is 0 Å². The van der Waals surface area contributed by atoms with E-state index in [9.17, 15) is 9.59 Å². The van der Waals surface area contributed by atoms with Crippen LogP contribution in [0.3, 0.4) is 0 Å². The van der Waals surface area contributed by atoms with Crippen LogP contribution in [0.1, 0.15) is 18.4 Å². The predicted octanol–water partition coefficient (Wildman–Crippen LogP) is 2.08. The van der Waals surface area contributed by atoms with Crippen LogP contribution in [0.15, 0.2) is 18.2 Å². The van der Waals surface area contributed by atoms with E-state index < -0.39 is 17.8 Å². The van der Waals surface area contributed by atoms with Crippen LogP contribution in [0.4, 0.5) is 0 Å². The van der Waals surface area contributed by atoms with Gasteiger partial charge in [0.1, 0.15) is 5.75 Å². The van der Waals surface area contributed by atoms with Crippen molar-refractivity contribution in [3.05, 3.63) is 28.8 Å². The van der Waals surface area contributed by atoms with E-state index in [1.807, 2.05) is 0 Å². The molecular weight excluding hydrogens is 282 g/mol. The van der Waals surface area contributed by atoms with Crippen molar-refractivity contribution >= 4 is 23.5 Å². The van der Waals surface area contributed by atoms with E-state index in [0.717, 1.165) is 0 Å². The van der Waals surface area contributed by atoms with E-state index in [-0.39, 0.29) is 12.5 Å². The topological polar surface area (TPSA) is 75.6 Å². The van der Waals surface area contributed by atoms with Crippen molar-refractivity contribution < 1.29 is 19.4 Å². The van der Waals surface area contributed by atoms with E-state index in [1.165, 1.54) is 7.11 Å². The van der Waals surface area contributed by atoms with E-state index in [1.54, 1.807) is 18.2 Å². The first-order valence-corrected chi connectivity index (χ1v) is 6.74. The van der Waals surface area contributed by atoms with Gasteiger partial charge in [-0.1, -0.05) is 17.7 Å². The van der Waals surface area contributed by atoms with Gasteiger partial charge in [-0.15, -0.1) is 0 Å². The summed E-state index contributed by atoms with van der Waals surface area (Å²) in [6.07, 6.45) is 1.17. The molecule has 2 N–H and O–H groups in total. The van der Waals surface area contributed by atoms with Gasteiger partial charge in [0.25, 0.3) is 0 Å². The Morgan fingerprint density at radius 3 is 2.65 bits per heavy atom. The molecule has 1 amide bonds. The summed E-state index contributed by atoms with van der Waals surface area (Å²) in [5, 5.41) is 12.2. The number of hydrogen-bond donors (Lipinski definition) is 2. The van der Waals surface area contributed by atoms with Crippen LogP contribution in [0.2, 0.25) is 5.02 Å². The minimum atomic E-state index is -0.910. The van der Waals surface area contributed by atoms with Gasteiger partial charge in [-0.2, -0.15) is 0 Å². The van der Waals surface area contributed by atoms with Gasteiger partial charge >= 0.3 is 5.97 Å². The predicted molar refractivity (Wildman–Crippen MR) is 73.7 cm³/mol. The summed E-state index contributed by atoms with van der Waals surface area (Å²) >= 11 is 6.07. The second kappa shape index (κ2) is 6.13. The number of rotatable bonds is 5. The van der Waals surface area contributed by atoms with Crippen LogP contribution in [0.5, 0.6) is 5.75 Å². The number of carbonyl (C=O) groups excluding carboxylic acids is 1. The number of ether oxygens (including phenoxy) is 1. The number of benzene rings is 1. The molecule has 1 aliphatic carbocycles. The molecule has 0 spiro atoms. The summed E-state index contributed by atoms with van der Waals surface area (Å²) in [6.45, 7) is 0.227. The maximum atomic E-state index is 12.0. The maximum Gasteiger partial charge on any atom is 0.307 e. The van der Waals surface area contributed by atoms with Gasteiger partial charge in [-0.05, 0) is 25.0 Å².